The van der Waals surface area contributed by atoms with Gasteiger partial charge in [-0.05, 0) is 43.5 Å². The summed E-state index contributed by atoms with van der Waals surface area (Å²) < 4.78 is 22.3. The highest BCUT2D eigenvalue weighted by molar-refractivity contribution is 6.30. The normalized spacial score (nSPS) is 13.5. The van der Waals surface area contributed by atoms with Gasteiger partial charge in [0, 0.05) is 35.5 Å². The van der Waals surface area contributed by atoms with Crippen molar-refractivity contribution in [2.75, 3.05) is 10.6 Å². The molecular weight excluding hydrogens is 545 g/mol. The predicted molar refractivity (Wildman–Crippen MR) is 145 cm³/mol. The molecule has 0 bridgehead atoms. The van der Waals surface area contributed by atoms with Crippen LogP contribution < -0.4 is 27.0 Å². The molecule has 0 unspecified atom stereocenters. The zero-order valence-electron chi connectivity index (χ0n) is 21.1. The number of hydrogen-bond acceptors (Lipinski definition) is 8. The van der Waals surface area contributed by atoms with Crippen molar-refractivity contribution in [2.45, 2.75) is 44.9 Å². The van der Waals surface area contributed by atoms with E-state index in [0.717, 1.165) is 17.4 Å². The van der Waals surface area contributed by atoms with Crippen molar-refractivity contribution >= 4 is 59.2 Å². The number of carboxylic acid groups (broad SMARTS) is 1. The number of imidazole rings is 1. The van der Waals surface area contributed by atoms with E-state index in [-0.39, 0.29) is 37.0 Å². The fraction of sp³-hybridized carbons (Fsp3) is 0.269. The molecule has 14 heteroatoms. The highest BCUT2D eigenvalue weighted by Crippen LogP contribution is 2.29. The van der Waals surface area contributed by atoms with Crippen LogP contribution in [-0.4, -0.2) is 47.2 Å². The molecule has 3 heterocycles. The summed E-state index contributed by atoms with van der Waals surface area (Å²) in [5, 5.41) is 20.5. The number of H-pyrrole nitrogens is 1. The highest BCUT2D eigenvalue weighted by atomic mass is 35.5. The largest absolute Gasteiger partial charge is 0.481 e. The molecule has 4 N–H and O–H groups in total. The lowest BCUT2D eigenvalue weighted by Crippen LogP contribution is -2.32. The van der Waals surface area contributed by atoms with Gasteiger partial charge in [-0.3, -0.25) is 14.2 Å². The fourth-order valence-corrected chi connectivity index (χ4v) is 4.12. The van der Waals surface area contributed by atoms with Gasteiger partial charge in [-0.2, -0.15) is 9.61 Å². The van der Waals surface area contributed by atoms with Gasteiger partial charge in [-0.25, -0.2) is 14.2 Å². The predicted octanol–water partition coefficient (Wildman–Crippen LogP) is 2.32. The van der Waals surface area contributed by atoms with Crippen LogP contribution in [0.25, 0.3) is 18.3 Å². The maximum atomic E-state index is 14.4. The molecule has 0 aliphatic heterocycles. The van der Waals surface area contributed by atoms with E-state index in [9.17, 15) is 18.8 Å². The van der Waals surface area contributed by atoms with Crippen LogP contribution in [0, 0.1) is 5.82 Å². The molecule has 1 aliphatic carbocycles. The van der Waals surface area contributed by atoms with E-state index in [2.05, 4.69) is 32.3 Å². The molecule has 1 saturated carbocycles. The van der Waals surface area contributed by atoms with Crippen LogP contribution in [-0.2, 0) is 21.1 Å². The molecule has 0 atom stereocenters. The molecule has 3 aromatic heterocycles. The smallest absolute Gasteiger partial charge is 0.329 e. The molecule has 0 radical (unpaired) electrons. The van der Waals surface area contributed by atoms with Crippen molar-refractivity contribution in [2.24, 2.45) is 0 Å². The number of nitrogens with one attached hydrogen (secondary N) is 3. The maximum absolute atomic E-state index is 14.4. The maximum Gasteiger partial charge on any atom is 0.329 e. The van der Waals surface area contributed by atoms with Gasteiger partial charge >= 0.3 is 17.6 Å². The van der Waals surface area contributed by atoms with Gasteiger partial charge in [-0.1, -0.05) is 18.2 Å². The molecule has 1 aromatic carbocycles. The standard InChI is InChI=1S/C26H25ClFN7O5/c1-14-19(32-26(39)34(14)13-40-24(38)4-2-3-23(36)37)9-15-12-29-35-22(30-17-6-7-17)11-21(33-25(15)35)31-20-10-16(27)5-8-18(20)28/h5,8-12,17,30H,1-4,6-7,13H2,(H,31,33)(H,32,39)(H,36,37)/b19-9-. The van der Waals surface area contributed by atoms with Crippen molar-refractivity contribution in [3.63, 3.8) is 0 Å². The fourth-order valence-electron chi connectivity index (χ4n) is 3.94. The van der Waals surface area contributed by atoms with E-state index < -0.39 is 23.4 Å². The summed E-state index contributed by atoms with van der Waals surface area (Å²) in [7, 11) is 0. The molecule has 0 spiro atoms. The van der Waals surface area contributed by atoms with Crippen LogP contribution in [0.3, 0.4) is 0 Å². The third-order valence-electron chi connectivity index (χ3n) is 6.17. The molecule has 1 aliphatic rings. The number of anilines is 3. The molecule has 5 rings (SSSR count). The number of hydrogen-bond donors (Lipinski definition) is 4. The topological polar surface area (TPSA) is 156 Å². The second kappa shape index (κ2) is 11.2. The minimum Gasteiger partial charge on any atom is -0.481 e. The molecule has 0 saturated heterocycles. The second-order valence-electron chi connectivity index (χ2n) is 9.29. The Morgan fingerprint density at radius 2 is 2.10 bits per heavy atom. The Labute approximate surface area is 230 Å². The first-order valence-corrected chi connectivity index (χ1v) is 12.8. The van der Waals surface area contributed by atoms with Crippen LogP contribution in [0.2, 0.25) is 5.02 Å². The number of carbonyl (C=O) groups is 2. The number of aromatic amines is 1. The monoisotopic (exact) mass is 569 g/mol. The van der Waals surface area contributed by atoms with E-state index in [1.54, 1.807) is 22.9 Å². The summed E-state index contributed by atoms with van der Waals surface area (Å²) in [5.74, 6) is -1.13. The quantitative estimate of drug-likeness (QED) is 0.199. The van der Waals surface area contributed by atoms with E-state index in [4.69, 9.17) is 21.4 Å². The zero-order chi connectivity index (χ0) is 28.4. The van der Waals surface area contributed by atoms with Gasteiger partial charge in [0.05, 0.1) is 22.6 Å². The Kier molecular flexibility index (Phi) is 7.56. The van der Waals surface area contributed by atoms with Crippen molar-refractivity contribution in [3.8, 4) is 0 Å². The Morgan fingerprint density at radius 1 is 1.30 bits per heavy atom. The Bertz CT molecular complexity index is 1780. The number of carbonyl (C=O) groups excluding carboxylic acids is 1. The van der Waals surface area contributed by atoms with E-state index in [0.29, 0.717) is 39.3 Å². The average molecular weight is 570 g/mol. The van der Waals surface area contributed by atoms with Gasteiger partial charge < -0.3 is 25.5 Å². The zero-order valence-corrected chi connectivity index (χ0v) is 21.9. The lowest BCUT2D eigenvalue weighted by Gasteiger charge is -2.12. The first-order chi connectivity index (χ1) is 19.2. The first kappa shape index (κ1) is 26.9. The molecular formula is C26H25ClFN7O5. The molecule has 12 nitrogen and oxygen atoms in total. The number of aliphatic carboxylic acids is 1. The summed E-state index contributed by atoms with van der Waals surface area (Å²) in [6.07, 6.45) is 5.12. The number of halogens is 2. The number of carboxylic acids is 1. The van der Waals surface area contributed by atoms with Crippen molar-refractivity contribution in [1.82, 2.24) is 24.1 Å². The second-order valence-corrected chi connectivity index (χ2v) is 9.72. The summed E-state index contributed by atoms with van der Waals surface area (Å²) in [4.78, 5) is 42.4. The van der Waals surface area contributed by atoms with Crippen LogP contribution in [0.15, 0.2) is 35.3 Å². The van der Waals surface area contributed by atoms with Gasteiger partial charge in [-0.15, -0.1) is 0 Å². The summed E-state index contributed by atoms with van der Waals surface area (Å²) >= 11 is 6.04. The SMILES string of the molecule is C=c1/c(=C/c2cnn3c(NC4CC4)cc(Nc4cc(Cl)ccc4F)nc23)[nH]c(=O)n1COC(=O)CCCC(=O)O. The number of ether oxygens (including phenoxy) is 1. The summed E-state index contributed by atoms with van der Waals surface area (Å²) in [6, 6.07) is 6.18. The highest BCUT2D eigenvalue weighted by Gasteiger charge is 2.23. The van der Waals surface area contributed by atoms with Gasteiger partial charge in [0.25, 0.3) is 0 Å². The molecule has 4 aromatic rings. The number of rotatable bonds is 11. The third kappa shape index (κ3) is 6.15. The lowest BCUT2D eigenvalue weighted by molar-refractivity contribution is -0.148. The van der Waals surface area contributed by atoms with E-state index in [1.165, 1.54) is 18.2 Å². The van der Waals surface area contributed by atoms with Gasteiger partial charge in [0.15, 0.2) is 12.4 Å². The Balaban J connectivity index is 1.45. The summed E-state index contributed by atoms with van der Waals surface area (Å²) in [5.41, 5.74) is 0.575. The molecule has 1 fully saturated rings. The van der Waals surface area contributed by atoms with Crippen molar-refractivity contribution in [1.29, 1.82) is 0 Å². The van der Waals surface area contributed by atoms with Gasteiger partial charge in [0.2, 0.25) is 0 Å². The van der Waals surface area contributed by atoms with Crippen LogP contribution in [0.5, 0.6) is 0 Å². The Morgan fingerprint density at radius 3 is 2.85 bits per heavy atom. The van der Waals surface area contributed by atoms with Gasteiger partial charge in [0.1, 0.15) is 17.5 Å². The van der Waals surface area contributed by atoms with Crippen molar-refractivity contribution in [3.05, 3.63) is 68.0 Å². The number of esters is 1. The van der Waals surface area contributed by atoms with Crippen molar-refractivity contribution < 1.29 is 23.8 Å². The third-order valence-corrected chi connectivity index (χ3v) is 6.40. The number of fused-ring (bicyclic) bond motifs is 1. The van der Waals surface area contributed by atoms with E-state index >= 15 is 0 Å². The van der Waals surface area contributed by atoms with Crippen LogP contribution in [0.1, 0.15) is 37.7 Å². The molecule has 0 amide bonds. The number of aromatic nitrogens is 5. The Hall–Kier alpha value is -4.65. The lowest BCUT2D eigenvalue weighted by atomic mass is 10.2. The average Bonchev–Trinajstić information content (AvgIpc) is 3.56. The molecule has 40 heavy (non-hydrogen) atoms. The first-order valence-electron chi connectivity index (χ1n) is 12.4. The summed E-state index contributed by atoms with van der Waals surface area (Å²) in [6.45, 7) is 3.55. The minimum atomic E-state index is -1.01. The van der Waals surface area contributed by atoms with E-state index in [1.807, 2.05) is 0 Å². The number of benzene rings is 1. The number of nitrogens with zero attached hydrogens (tertiary/aromatic N) is 4. The minimum absolute atomic E-state index is 0.0856. The van der Waals surface area contributed by atoms with Crippen LogP contribution in [0.4, 0.5) is 21.7 Å². The molecule has 208 valence electrons. The van der Waals surface area contributed by atoms with Crippen LogP contribution >= 0.6 is 11.6 Å².